The third-order valence-electron chi connectivity index (χ3n) is 1.59. The Labute approximate surface area is 80.2 Å². The maximum Gasteiger partial charge on any atom is 0.325 e. The van der Waals surface area contributed by atoms with Gasteiger partial charge in [-0.1, -0.05) is 29.8 Å². The Bertz CT molecular complexity index is 370. The van der Waals surface area contributed by atoms with E-state index in [9.17, 15) is 4.79 Å². The summed E-state index contributed by atoms with van der Waals surface area (Å²) in [4.78, 5) is 10.6. The van der Waals surface area contributed by atoms with Crippen molar-refractivity contribution < 1.29 is 9.90 Å². The van der Waals surface area contributed by atoms with E-state index in [2.05, 4.69) is 0 Å². The summed E-state index contributed by atoms with van der Waals surface area (Å²) in [6.07, 6.45) is 0. The zero-order valence-corrected chi connectivity index (χ0v) is 7.32. The minimum Gasteiger partial charge on any atom is -0.480 e. The second kappa shape index (κ2) is 3.92. The summed E-state index contributed by atoms with van der Waals surface area (Å²) in [6.45, 7) is 0. The number of benzene rings is 1. The predicted molar refractivity (Wildman–Crippen MR) is 47.4 cm³/mol. The van der Waals surface area contributed by atoms with Crippen LogP contribution in [-0.2, 0) is 4.79 Å². The normalized spacial score (nSPS) is 11.7. The van der Waals surface area contributed by atoms with Gasteiger partial charge in [-0.15, -0.1) is 0 Å². The minimum absolute atomic E-state index is 0.302. The van der Waals surface area contributed by atoms with Gasteiger partial charge < -0.3 is 5.11 Å². The highest BCUT2D eigenvalue weighted by Gasteiger charge is 2.20. The molecule has 1 unspecified atom stereocenters. The Kier molecular flexibility index (Phi) is 2.88. The van der Waals surface area contributed by atoms with Crippen molar-refractivity contribution in [3.8, 4) is 6.07 Å². The molecule has 0 saturated heterocycles. The van der Waals surface area contributed by atoms with E-state index in [1.807, 2.05) is 0 Å². The van der Waals surface area contributed by atoms with E-state index in [1.54, 1.807) is 24.3 Å². The number of carboxylic acid groups (broad SMARTS) is 1. The van der Waals surface area contributed by atoms with E-state index < -0.39 is 11.9 Å². The summed E-state index contributed by atoms with van der Waals surface area (Å²) < 4.78 is 0. The fraction of sp³-hybridized carbons (Fsp3) is 0.111. The molecule has 0 spiro atoms. The first-order chi connectivity index (χ1) is 6.16. The first kappa shape index (κ1) is 9.56. The second-order valence-electron chi connectivity index (χ2n) is 2.42. The molecule has 0 heterocycles. The van der Waals surface area contributed by atoms with Gasteiger partial charge in [0.2, 0.25) is 0 Å². The van der Waals surface area contributed by atoms with E-state index in [1.165, 1.54) is 6.07 Å². The Morgan fingerprint density at radius 1 is 1.54 bits per heavy atom. The highest BCUT2D eigenvalue weighted by Crippen LogP contribution is 2.23. The number of rotatable bonds is 2. The molecule has 0 radical (unpaired) electrons. The molecule has 66 valence electrons. The number of nitriles is 1. The molecule has 0 aromatic heterocycles. The summed E-state index contributed by atoms with van der Waals surface area (Å²) in [5.41, 5.74) is 0.333. The minimum atomic E-state index is -1.19. The second-order valence-corrected chi connectivity index (χ2v) is 2.83. The fourth-order valence-electron chi connectivity index (χ4n) is 0.967. The van der Waals surface area contributed by atoms with Crippen LogP contribution in [0, 0.1) is 11.3 Å². The van der Waals surface area contributed by atoms with Crippen molar-refractivity contribution in [2.24, 2.45) is 0 Å². The molecule has 1 aromatic carbocycles. The lowest BCUT2D eigenvalue weighted by Crippen LogP contribution is -2.09. The van der Waals surface area contributed by atoms with Crippen molar-refractivity contribution >= 4 is 17.6 Å². The maximum atomic E-state index is 10.6. The van der Waals surface area contributed by atoms with E-state index in [-0.39, 0.29) is 0 Å². The number of carbonyl (C=O) groups is 1. The summed E-state index contributed by atoms with van der Waals surface area (Å²) in [5.74, 6) is -2.37. The van der Waals surface area contributed by atoms with Gasteiger partial charge in [0, 0.05) is 5.02 Å². The smallest absolute Gasteiger partial charge is 0.325 e. The van der Waals surface area contributed by atoms with Crippen molar-refractivity contribution in [1.82, 2.24) is 0 Å². The lowest BCUT2D eigenvalue weighted by atomic mass is 10.0. The lowest BCUT2D eigenvalue weighted by molar-refractivity contribution is -0.137. The maximum absolute atomic E-state index is 10.6. The Balaban J connectivity index is 3.14. The average Bonchev–Trinajstić information content (AvgIpc) is 2.09. The number of hydrogen-bond donors (Lipinski definition) is 1. The van der Waals surface area contributed by atoms with Crippen LogP contribution in [0.5, 0.6) is 0 Å². The molecule has 0 aliphatic rings. The van der Waals surface area contributed by atoms with Gasteiger partial charge in [-0.05, 0) is 11.6 Å². The first-order valence-electron chi connectivity index (χ1n) is 3.53. The Hall–Kier alpha value is -1.53. The molecule has 0 fully saturated rings. The zero-order valence-electron chi connectivity index (χ0n) is 6.57. The molecule has 1 atom stereocenters. The third kappa shape index (κ3) is 1.98. The zero-order chi connectivity index (χ0) is 9.84. The van der Waals surface area contributed by atoms with Crippen LogP contribution in [0.15, 0.2) is 24.3 Å². The summed E-state index contributed by atoms with van der Waals surface area (Å²) in [7, 11) is 0. The highest BCUT2D eigenvalue weighted by molar-refractivity contribution is 6.31. The van der Waals surface area contributed by atoms with Gasteiger partial charge in [0.25, 0.3) is 0 Å². The van der Waals surface area contributed by atoms with Crippen LogP contribution in [0.2, 0.25) is 5.02 Å². The van der Waals surface area contributed by atoms with E-state index in [0.29, 0.717) is 10.6 Å². The van der Waals surface area contributed by atoms with Gasteiger partial charge in [-0.25, -0.2) is 0 Å². The monoisotopic (exact) mass is 195 g/mol. The van der Waals surface area contributed by atoms with E-state index >= 15 is 0 Å². The molecule has 0 aliphatic carbocycles. The molecule has 1 rings (SSSR count). The van der Waals surface area contributed by atoms with Crippen molar-refractivity contribution in [2.45, 2.75) is 5.92 Å². The van der Waals surface area contributed by atoms with Crippen LogP contribution in [0.3, 0.4) is 0 Å². The van der Waals surface area contributed by atoms with Crippen molar-refractivity contribution in [1.29, 1.82) is 5.26 Å². The van der Waals surface area contributed by atoms with Crippen molar-refractivity contribution in [2.75, 3.05) is 0 Å². The molecule has 1 aromatic rings. The standard InChI is InChI=1S/C9H6ClNO2/c10-8-4-2-1-3-6(8)7(5-11)9(12)13/h1-4,7H,(H,12,13). The summed E-state index contributed by atoms with van der Waals surface area (Å²) in [5, 5.41) is 17.6. The van der Waals surface area contributed by atoms with Gasteiger partial charge in [-0.3, -0.25) is 4.79 Å². The topological polar surface area (TPSA) is 61.1 Å². The molecular formula is C9H6ClNO2. The third-order valence-corrected chi connectivity index (χ3v) is 1.94. The highest BCUT2D eigenvalue weighted by atomic mass is 35.5. The predicted octanol–water partition coefficient (Wildman–Crippen LogP) is 2.03. The Morgan fingerprint density at radius 3 is 2.62 bits per heavy atom. The van der Waals surface area contributed by atoms with Crippen LogP contribution in [-0.4, -0.2) is 11.1 Å². The van der Waals surface area contributed by atoms with Gasteiger partial charge in [0.1, 0.15) is 0 Å². The number of hydrogen-bond acceptors (Lipinski definition) is 2. The van der Waals surface area contributed by atoms with Crippen molar-refractivity contribution in [3.63, 3.8) is 0 Å². The largest absolute Gasteiger partial charge is 0.480 e. The number of carboxylic acids is 1. The molecule has 0 amide bonds. The van der Waals surface area contributed by atoms with E-state index in [4.69, 9.17) is 22.0 Å². The van der Waals surface area contributed by atoms with Crippen LogP contribution in [0.25, 0.3) is 0 Å². The van der Waals surface area contributed by atoms with Crippen LogP contribution >= 0.6 is 11.6 Å². The quantitative estimate of drug-likeness (QED) is 0.786. The van der Waals surface area contributed by atoms with Crippen molar-refractivity contribution in [3.05, 3.63) is 34.9 Å². The molecule has 0 aliphatic heterocycles. The Morgan fingerprint density at radius 2 is 2.15 bits per heavy atom. The van der Waals surface area contributed by atoms with Gasteiger partial charge >= 0.3 is 5.97 Å². The first-order valence-corrected chi connectivity index (χ1v) is 3.91. The van der Waals surface area contributed by atoms with Gasteiger partial charge in [0.05, 0.1) is 6.07 Å². The number of nitrogens with zero attached hydrogens (tertiary/aromatic N) is 1. The average molecular weight is 196 g/mol. The summed E-state index contributed by atoms with van der Waals surface area (Å²) >= 11 is 5.73. The SMILES string of the molecule is N#CC(C(=O)O)c1ccccc1Cl. The molecule has 13 heavy (non-hydrogen) atoms. The van der Waals surface area contributed by atoms with Gasteiger partial charge in [0.15, 0.2) is 5.92 Å². The molecule has 4 heteroatoms. The van der Waals surface area contributed by atoms with Crippen LogP contribution < -0.4 is 0 Å². The fourth-order valence-corrected chi connectivity index (χ4v) is 1.21. The van der Waals surface area contributed by atoms with Gasteiger partial charge in [-0.2, -0.15) is 5.26 Å². The molecule has 3 nitrogen and oxygen atoms in total. The number of halogens is 1. The summed E-state index contributed by atoms with van der Waals surface area (Å²) in [6, 6.07) is 8.10. The molecular weight excluding hydrogens is 190 g/mol. The van der Waals surface area contributed by atoms with Crippen LogP contribution in [0.1, 0.15) is 11.5 Å². The van der Waals surface area contributed by atoms with E-state index in [0.717, 1.165) is 0 Å². The molecule has 0 saturated carbocycles. The molecule has 0 bridgehead atoms. The lowest BCUT2D eigenvalue weighted by Gasteiger charge is -2.05. The number of aliphatic carboxylic acids is 1. The van der Waals surface area contributed by atoms with Crippen LogP contribution in [0.4, 0.5) is 0 Å². The molecule has 1 N–H and O–H groups in total.